The minimum absolute atomic E-state index is 0.540. The third-order valence-electron chi connectivity index (χ3n) is 2.61. The molecule has 0 aromatic carbocycles. The number of hydrogen-bond acceptors (Lipinski definition) is 5. The van der Waals surface area contributed by atoms with E-state index in [1.807, 2.05) is 25.1 Å². The molecular formula is C14H19N3O2. The molecule has 2 heterocycles. The fraction of sp³-hybridized carbons (Fsp3) is 0.429. The SMILES string of the molecule is Cc1nccc(CNCCCOCc2ccco2)n1. The summed E-state index contributed by atoms with van der Waals surface area (Å²) in [7, 11) is 0. The van der Waals surface area contributed by atoms with Gasteiger partial charge in [0, 0.05) is 19.3 Å². The molecule has 2 aromatic heterocycles. The fourth-order valence-corrected chi connectivity index (χ4v) is 1.69. The first-order chi connectivity index (χ1) is 9.34. The van der Waals surface area contributed by atoms with Crippen LogP contribution < -0.4 is 5.32 Å². The van der Waals surface area contributed by atoms with Crippen molar-refractivity contribution in [1.82, 2.24) is 15.3 Å². The smallest absolute Gasteiger partial charge is 0.129 e. The van der Waals surface area contributed by atoms with Crippen molar-refractivity contribution in [2.75, 3.05) is 13.2 Å². The maximum Gasteiger partial charge on any atom is 0.129 e. The molecule has 19 heavy (non-hydrogen) atoms. The second kappa shape index (κ2) is 7.66. The van der Waals surface area contributed by atoms with Crippen LogP contribution in [0.2, 0.25) is 0 Å². The first-order valence-corrected chi connectivity index (χ1v) is 6.44. The molecule has 102 valence electrons. The van der Waals surface area contributed by atoms with Crippen LogP contribution in [0.5, 0.6) is 0 Å². The molecule has 0 saturated heterocycles. The third kappa shape index (κ3) is 5.19. The lowest BCUT2D eigenvalue weighted by Crippen LogP contribution is -2.17. The van der Waals surface area contributed by atoms with Crippen LogP contribution in [0.3, 0.4) is 0 Å². The number of hydrogen-bond donors (Lipinski definition) is 1. The van der Waals surface area contributed by atoms with Gasteiger partial charge >= 0.3 is 0 Å². The van der Waals surface area contributed by atoms with Crippen molar-refractivity contribution in [2.24, 2.45) is 0 Å². The van der Waals surface area contributed by atoms with Gasteiger partial charge in [0.2, 0.25) is 0 Å². The van der Waals surface area contributed by atoms with Gasteiger partial charge in [-0.25, -0.2) is 9.97 Å². The van der Waals surface area contributed by atoms with Gasteiger partial charge in [0.15, 0.2) is 0 Å². The van der Waals surface area contributed by atoms with Crippen LogP contribution >= 0.6 is 0 Å². The summed E-state index contributed by atoms with van der Waals surface area (Å²) in [6, 6.07) is 5.70. The Balaban J connectivity index is 1.50. The molecule has 0 atom stereocenters. The zero-order chi connectivity index (χ0) is 13.3. The number of aryl methyl sites for hydroxylation is 1. The highest BCUT2D eigenvalue weighted by molar-refractivity contribution is 5.00. The van der Waals surface area contributed by atoms with Gasteiger partial charge in [0.05, 0.1) is 12.0 Å². The summed E-state index contributed by atoms with van der Waals surface area (Å²) < 4.78 is 10.7. The molecule has 0 bridgehead atoms. The van der Waals surface area contributed by atoms with Crippen molar-refractivity contribution >= 4 is 0 Å². The first-order valence-electron chi connectivity index (χ1n) is 6.44. The van der Waals surface area contributed by atoms with Crippen LogP contribution in [0, 0.1) is 6.92 Å². The molecule has 0 aliphatic rings. The van der Waals surface area contributed by atoms with Gasteiger partial charge in [0.25, 0.3) is 0 Å². The zero-order valence-corrected chi connectivity index (χ0v) is 11.1. The fourth-order valence-electron chi connectivity index (χ4n) is 1.69. The molecule has 0 amide bonds. The Morgan fingerprint density at radius 2 is 2.32 bits per heavy atom. The van der Waals surface area contributed by atoms with Crippen LogP contribution in [-0.2, 0) is 17.9 Å². The molecule has 2 rings (SSSR count). The first kappa shape index (κ1) is 13.7. The quantitative estimate of drug-likeness (QED) is 0.737. The highest BCUT2D eigenvalue weighted by Gasteiger charge is 1.97. The summed E-state index contributed by atoms with van der Waals surface area (Å²) in [4.78, 5) is 8.39. The highest BCUT2D eigenvalue weighted by atomic mass is 16.5. The molecule has 1 N–H and O–H groups in total. The van der Waals surface area contributed by atoms with Gasteiger partial charge < -0.3 is 14.5 Å². The predicted molar refractivity (Wildman–Crippen MR) is 71.5 cm³/mol. The number of aromatic nitrogens is 2. The number of furan rings is 1. The van der Waals surface area contributed by atoms with E-state index in [0.29, 0.717) is 6.61 Å². The summed E-state index contributed by atoms with van der Waals surface area (Å²) >= 11 is 0. The Labute approximate surface area is 113 Å². The minimum atomic E-state index is 0.540. The van der Waals surface area contributed by atoms with Gasteiger partial charge in [0.1, 0.15) is 18.2 Å². The van der Waals surface area contributed by atoms with Crippen LogP contribution in [-0.4, -0.2) is 23.1 Å². The molecule has 0 fully saturated rings. The van der Waals surface area contributed by atoms with Crippen molar-refractivity contribution in [3.8, 4) is 0 Å². The van der Waals surface area contributed by atoms with Gasteiger partial charge in [-0.05, 0) is 38.1 Å². The minimum Gasteiger partial charge on any atom is -0.467 e. The molecule has 0 saturated carbocycles. The molecule has 5 heteroatoms. The van der Waals surface area contributed by atoms with E-state index >= 15 is 0 Å². The molecule has 2 aromatic rings. The van der Waals surface area contributed by atoms with E-state index in [2.05, 4.69) is 15.3 Å². The molecular weight excluding hydrogens is 242 g/mol. The molecule has 0 aliphatic heterocycles. The third-order valence-corrected chi connectivity index (χ3v) is 2.61. The van der Waals surface area contributed by atoms with Gasteiger partial charge in [-0.15, -0.1) is 0 Å². The molecule has 0 radical (unpaired) electrons. The number of ether oxygens (including phenoxy) is 1. The van der Waals surface area contributed by atoms with Crippen LogP contribution in [0.4, 0.5) is 0 Å². The van der Waals surface area contributed by atoms with Crippen LogP contribution in [0.15, 0.2) is 35.1 Å². The Hall–Kier alpha value is -1.72. The summed E-state index contributed by atoms with van der Waals surface area (Å²) in [5.74, 6) is 1.67. The van der Waals surface area contributed by atoms with E-state index in [0.717, 1.165) is 43.4 Å². The second-order valence-electron chi connectivity index (χ2n) is 4.26. The van der Waals surface area contributed by atoms with Gasteiger partial charge in [-0.1, -0.05) is 0 Å². The van der Waals surface area contributed by atoms with Crippen molar-refractivity contribution in [2.45, 2.75) is 26.5 Å². The number of nitrogens with one attached hydrogen (secondary N) is 1. The Kier molecular flexibility index (Phi) is 5.52. The lowest BCUT2D eigenvalue weighted by Gasteiger charge is -2.05. The van der Waals surface area contributed by atoms with Crippen molar-refractivity contribution in [3.05, 3.63) is 47.9 Å². The lowest BCUT2D eigenvalue weighted by atomic mass is 10.3. The molecule has 0 aliphatic carbocycles. The topological polar surface area (TPSA) is 60.2 Å². The largest absolute Gasteiger partial charge is 0.467 e. The Bertz CT molecular complexity index is 471. The Morgan fingerprint density at radius 1 is 1.37 bits per heavy atom. The summed E-state index contributed by atoms with van der Waals surface area (Å²) in [5.41, 5.74) is 1.02. The molecule has 0 spiro atoms. The standard InChI is InChI=1S/C14H19N3O2/c1-12-16-7-5-13(17-12)10-15-6-3-8-18-11-14-4-2-9-19-14/h2,4-5,7,9,15H,3,6,8,10-11H2,1H3. The van der Waals surface area contributed by atoms with E-state index in [1.165, 1.54) is 0 Å². The summed E-state index contributed by atoms with van der Waals surface area (Å²) in [6.45, 7) is 4.82. The Morgan fingerprint density at radius 3 is 3.11 bits per heavy atom. The van der Waals surface area contributed by atoms with Crippen molar-refractivity contribution in [3.63, 3.8) is 0 Å². The van der Waals surface area contributed by atoms with Crippen LogP contribution in [0.25, 0.3) is 0 Å². The van der Waals surface area contributed by atoms with Crippen molar-refractivity contribution in [1.29, 1.82) is 0 Å². The average Bonchev–Trinajstić information content (AvgIpc) is 2.91. The monoisotopic (exact) mass is 261 g/mol. The summed E-state index contributed by atoms with van der Waals surface area (Å²) in [5, 5.41) is 3.33. The lowest BCUT2D eigenvalue weighted by molar-refractivity contribution is 0.104. The maximum absolute atomic E-state index is 5.49. The van der Waals surface area contributed by atoms with Gasteiger partial charge in [-0.2, -0.15) is 0 Å². The van der Waals surface area contributed by atoms with E-state index in [9.17, 15) is 0 Å². The van der Waals surface area contributed by atoms with Gasteiger partial charge in [-0.3, -0.25) is 0 Å². The van der Waals surface area contributed by atoms with E-state index in [1.54, 1.807) is 12.5 Å². The number of nitrogens with zero attached hydrogens (tertiary/aromatic N) is 2. The molecule has 5 nitrogen and oxygen atoms in total. The second-order valence-corrected chi connectivity index (χ2v) is 4.26. The maximum atomic E-state index is 5.49. The van der Waals surface area contributed by atoms with E-state index in [4.69, 9.17) is 9.15 Å². The molecule has 0 unspecified atom stereocenters. The van der Waals surface area contributed by atoms with E-state index < -0.39 is 0 Å². The van der Waals surface area contributed by atoms with Crippen LogP contribution in [0.1, 0.15) is 23.7 Å². The van der Waals surface area contributed by atoms with E-state index in [-0.39, 0.29) is 0 Å². The van der Waals surface area contributed by atoms with Crippen molar-refractivity contribution < 1.29 is 9.15 Å². The zero-order valence-electron chi connectivity index (χ0n) is 11.1. The summed E-state index contributed by atoms with van der Waals surface area (Å²) in [6.07, 6.45) is 4.40. The normalized spacial score (nSPS) is 10.8. The number of rotatable bonds is 8. The average molecular weight is 261 g/mol. The highest BCUT2D eigenvalue weighted by Crippen LogP contribution is 2.01. The predicted octanol–water partition coefficient (Wildman–Crippen LogP) is 2.07.